The van der Waals surface area contributed by atoms with Gasteiger partial charge in [0.15, 0.2) is 0 Å². The molecule has 3 N–H and O–H groups in total. The summed E-state index contributed by atoms with van der Waals surface area (Å²) in [6, 6.07) is 8.12. The predicted octanol–water partition coefficient (Wildman–Crippen LogP) is 2.46. The lowest BCUT2D eigenvalue weighted by Gasteiger charge is -2.27. The van der Waals surface area contributed by atoms with Crippen molar-refractivity contribution in [3.05, 3.63) is 29.8 Å². The monoisotopic (exact) mass is 251 g/mol. The van der Waals surface area contributed by atoms with Gasteiger partial charge in [0, 0.05) is 6.54 Å². The van der Waals surface area contributed by atoms with E-state index in [0.717, 1.165) is 18.6 Å². The molecule has 0 aromatic heterocycles. The number of hydrogen-bond donors (Lipinski definition) is 2. The predicted molar refractivity (Wildman–Crippen MR) is 74.9 cm³/mol. The standard InChI is InChI=1S/C15H25NO2/c1-4-15(3,5-2)12-6-8-13(9-7-12)18-14(10-16)11-17/h6-9,14,17H,4-5,10-11,16H2,1-3H3. The van der Waals surface area contributed by atoms with Crippen molar-refractivity contribution < 1.29 is 9.84 Å². The normalized spacial score (nSPS) is 13.4. The third-order valence-electron chi connectivity index (χ3n) is 3.88. The van der Waals surface area contributed by atoms with Crippen LogP contribution in [0, 0.1) is 0 Å². The van der Waals surface area contributed by atoms with Crippen LogP contribution in [-0.4, -0.2) is 24.4 Å². The molecule has 0 aliphatic rings. The molecule has 0 spiro atoms. The minimum Gasteiger partial charge on any atom is -0.487 e. The second-order valence-corrected chi connectivity index (χ2v) is 4.95. The molecule has 0 fully saturated rings. The van der Waals surface area contributed by atoms with Crippen molar-refractivity contribution in [3.63, 3.8) is 0 Å². The number of nitrogens with two attached hydrogens (primary N) is 1. The average Bonchev–Trinajstić information content (AvgIpc) is 2.44. The average molecular weight is 251 g/mol. The highest BCUT2D eigenvalue weighted by Gasteiger charge is 2.21. The molecule has 0 amide bonds. The van der Waals surface area contributed by atoms with Crippen LogP contribution in [0.2, 0.25) is 0 Å². The molecule has 0 bridgehead atoms. The summed E-state index contributed by atoms with van der Waals surface area (Å²) in [6.45, 7) is 6.97. The lowest BCUT2D eigenvalue weighted by atomic mass is 9.78. The van der Waals surface area contributed by atoms with E-state index < -0.39 is 0 Å². The van der Waals surface area contributed by atoms with Crippen LogP contribution in [0.15, 0.2) is 24.3 Å². The van der Waals surface area contributed by atoms with Crippen LogP contribution >= 0.6 is 0 Å². The molecule has 3 nitrogen and oxygen atoms in total. The van der Waals surface area contributed by atoms with Gasteiger partial charge in [-0.25, -0.2) is 0 Å². The molecule has 0 heterocycles. The lowest BCUT2D eigenvalue weighted by molar-refractivity contribution is 0.121. The first-order valence-electron chi connectivity index (χ1n) is 6.67. The number of ether oxygens (including phenoxy) is 1. The van der Waals surface area contributed by atoms with Gasteiger partial charge in [0.1, 0.15) is 11.9 Å². The van der Waals surface area contributed by atoms with Gasteiger partial charge in [-0.15, -0.1) is 0 Å². The van der Waals surface area contributed by atoms with E-state index in [1.807, 2.05) is 12.1 Å². The largest absolute Gasteiger partial charge is 0.487 e. The first kappa shape index (κ1) is 15.0. The third kappa shape index (κ3) is 3.47. The first-order valence-corrected chi connectivity index (χ1v) is 6.67. The van der Waals surface area contributed by atoms with E-state index >= 15 is 0 Å². The van der Waals surface area contributed by atoms with Crippen LogP contribution in [0.25, 0.3) is 0 Å². The number of aliphatic hydroxyl groups excluding tert-OH is 1. The molecule has 0 saturated carbocycles. The van der Waals surface area contributed by atoms with Crippen molar-refractivity contribution in [1.82, 2.24) is 0 Å². The third-order valence-corrected chi connectivity index (χ3v) is 3.88. The maximum absolute atomic E-state index is 9.04. The summed E-state index contributed by atoms with van der Waals surface area (Å²) in [5.74, 6) is 0.762. The van der Waals surface area contributed by atoms with E-state index in [-0.39, 0.29) is 18.1 Å². The Kier molecular flexibility index (Phi) is 5.63. The van der Waals surface area contributed by atoms with E-state index in [9.17, 15) is 0 Å². The number of rotatable bonds is 7. The zero-order valence-electron chi connectivity index (χ0n) is 11.6. The van der Waals surface area contributed by atoms with E-state index in [4.69, 9.17) is 15.6 Å². The molecule has 1 rings (SSSR count). The number of benzene rings is 1. The van der Waals surface area contributed by atoms with Crippen molar-refractivity contribution in [3.8, 4) is 5.75 Å². The zero-order valence-corrected chi connectivity index (χ0v) is 11.6. The molecule has 0 aliphatic heterocycles. The Hall–Kier alpha value is -1.06. The topological polar surface area (TPSA) is 55.5 Å². The molecule has 1 aromatic carbocycles. The Labute approximate surface area is 110 Å². The molecule has 0 radical (unpaired) electrons. The van der Waals surface area contributed by atoms with Crippen LogP contribution in [-0.2, 0) is 5.41 Å². The summed E-state index contributed by atoms with van der Waals surface area (Å²) < 4.78 is 5.57. The van der Waals surface area contributed by atoms with Crippen LogP contribution in [0.5, 0.6) is 5.75 Å². The Morgan fingerprint density at radius 2 is 1.78 bits per heavy atom. The van der Waals surface area contributed by atoms with Crippen molar-refractivity contribution in [2.45, 2.75) is 45.1 Å². The summed E-state index contributed by atoms with van der Waals surface area (Å²) in [6.07, 6.45) is 1.91. The second-order valence-electron chi connectivity index (χ2n) is 4.95. The minimum atomic E-state index is -0.320. The minimum absolute atomic E-state index is 0.0557. The quantitative estimate of drug-likeness (QED) is 0.782. The number of hydrogen-bond acceptors (Lipinski definition) is 3. The van der Waals surface area contributed by atoms with Gasteiger partial charge in [0.2, 0.25) is 0 Å². The molecular formula is C15H25NO2. The molecule has 0 aliphatic carbocycles. The maximum Gasteiger partial charge on any atom is 0.134 e. The Balaban J connectivity index is 2.79. The molecular weight excluding hydrogens is 226 g/mol. The lowest BCUT2D eigenvalue weighted by Crippen LogP contribution is -2.30. The fourth-order valence-electron chi connectivity index (χ4n) is 1.95. The highest BCUT2D eigenvalue weighted by atomic mass is 16.5. The summed E-state index contributed by atoms with van der Waals surface area (Å²) in [7, 11) is 0. The van der Waals surface area contributed by atoms with Gasteiger partial charge in [0.25, 0.3) is 0 Å². The van der Waals surface area contributed by atoms with Crippen molar-refractivity contribution >= 4 is 0 Å². The zero-order chi connectivity index (χ0) is 13.6. The van der Waals surface area contributed by atoms with Gasteiger partial charge < -0.3 is 15.6 Å². The van der Waals surface area contributed by atoms with Crippen LogP contribution in [0.4, 0.5) is 0 Å². The van der Waals surface area contributed by atoms with E-state index in [1.54, 1.807) is 0 Å². The van der Waals surface area contributed by atoms with Crippen molar-refractivity contribution in [2.75, 3.05) is 13.2 Å². The number of aliphatic hydroxyl groups is 1. The molecule has 1 aromatic rings. The molecule has 18 heavy (non-hydrogen) atoms. The van der Waals surface area contributed by atoms with Gasteiger partial charge in [-0.3, -0.25) is 0 Å². The van der Waals surface area contributed by atoms with Gasteiger partial charge in [0.05, 0.1) is 6.61 Å². The van der Waals surface area contributed by atoms with Gasteiger partial charge in [-0.2, -0.15) is 0 Å². The van der Waals surface area contributed by atoms with Crippen molar-refractivity contribution in [1.29, 1.82) is 0 Å². The molecule has 1 unspecified atom stereocenters. The highest BCUT2D eigenvalue weighted by molar-refractivity contribution is 5.32. The fraction of sp³-hybridized carbons (Fsp3) is 0.600. The van der Waals surface area contributed by atoms with E-state index in [1.165, 1.54) is 5.56 Å². The molecule has 102 valence electrons. The summed E-state index contributed by atoms with van der Waals surface area (Å²) in [5.41, 5.74) is 7.04. The van der Waals surface area contributed by atoms with Crippen molar-refractivity contribution in [2.24, 2.45) is 5.73 Å². The van der Waals surface area contributed by atoms with Crippen LogP contribution in [0.1, 0.15) is 39.2 Å². The maximum atomic E-state index is 9.04. The SMILES string of the molecule is CCC(C)(CC)c1ccc(OC(CN)CO)cc1. The fourth-order valence-corrected chi connectivity index (χ4v) is 1.95. The molecule has 3 heteroatoms. The summed E-state index contributed by atoms with van der Waals surface area (Å²) >= 11 is 0. The van der Waals surface area contributed by atoms with Crippen LogP contribution in [0.3, 0.4) is 0 Å². The van der Waals surface area contributed by atoms with Gasteiger partial charge in [-0.1, -0.05) is 32.9 Å². The smallest absolute Gasteiger partial charge is 0.134 e. The Bertz CT molecular complexity index is 340. The second kappa shape index (κ2) is 6.76. The van der Waals surface area contributed by atoms with Crippen LogP contribution < -0.4 is 10.5 Å². The first-order chi connectivity index (χ1) is 8.59. The molecule has 0 saturated heterocycles. The summed E-state index contributed by atoms with van der Waals surface area (Å²) in [4.78, 5) is 0. The van der Waals surface area contributed by atoms with E-state index in [2.05, 4.69) is 32.9 Å². The summed E-state index contributed by atoms with van der Waals surface area (Å²) in [5, 5.41) is 9.04. The molecule has 1 atom stereocenters. The highest BCUT2D eigenvalue weighted by Crippen LogP contribution is 2.31. The van der Waals surface area contributed by atoms with E-state index in [0.29, 0.717) is 6.54 Å². The Morgan fingerprint density at radius 1 is 1.22 bits per heavy atom. The Morgan fingerprint density at radius 3 is 2.17 bits per heavy atom. The van der Waals surface area contributed by atoms with Gasteiger partial charge >= 0.3 is 0 Å². The van der Waals surface area contributed by atoms with Gasteiger partial charge in [-0.05, 0) is 36.0 Å².